The Bertz CT molecular complexity index is 1250. The van der Waals surface area contributed by atoms with Crippen LogP contribution >= 0.6 is 39.9 Å². The highest BCUT2D eigenvalue weighted by Gasteiger charge is 2.42. The van der Waals surface area contributed by atoms with Crippen molar-refractivity contribution in [3.63, 3.8) is 0 Å². The third kappa shape index (κ3) is 4.20. The fraction of sp³-hybridized carbons (Fsp3) is 0.120. The van der Waals surface area contributed by atoms with Crippen molar-refractivity contribution in [2.24, 2.45) is 0 Å². The summed E-state index contributed by atoms with van der Waals surface area (Å²) in [6.07, 6.45) is 1.81. The minimum absolute atomic E-state index is 0.131. The molecule has 3 heterocycles. The number of anilines is 1. The second-order valence-corrected chi connectivity index (χ2v) is 9.82. The van der Waals surface area contributed by atoms with Gasteiger partial charge in [-0.05, 0) is 79.3 Å². The number of nitrogens with one attached hydrogen (secondary N) is 1. The van der Waals surface area contributed by atoms with Gasteiger partial charge in [-0.3, -0.25) is 4.98 Å². The summed E-state index contributed by atoms with van der Waals surface area (Å²) in [6, 6.07) is 26.2. The Labute approximate surface area is 205 Å². The van der Waals surface area contributed by atoms with E-state index in [1.54, 1.807) is 11.8 Å². The van der Waals surface area contributed by atoms with Crippen LogP contribution in [0, 0.1) is 6.92 Å². The largest absolute Gasteiger partial charge is 0.452 e. The Morgan fingerprint density at radius 1 is 1.03 bits per heavy atom. The van der Waals surface area contributed by atoms with E-state index in [1.807, 2.05) is 54.7 Å². The number of hydrogen-bond acceptors (Lipinski definition) is 4. The van der Waals surface area contributed by atoms with Gasteiger partial charge in [-0.1, -0.05) is 52.0 Å². The summed E-state index contributed by atoms with van der Waals surface area (Å²) >= 11 is 11.0. The molecule has 2 atom stereocenters. The number of benzene rings is 2. The Hall–Kier alpha value is -2.61. The predicted molar refractivity (Wildman–Crippen MR) is 136 cm³/mol. The molecule has 1 fully saturated rings. The van der Waals surface area contributed by atoms with Crippen LogP contribution in [-0.2, 0) is 0 Å². The molecule has 0 amide bonds. The lowest BCUT2D eigenvalue weighted by Crippen LogP contribution is -2.29. The number of aryl methyl sites for hydroxylation is 1. The van der Waals surface area contributed by atoms with Crippen LogP contribution in [0.15, 0.2) is 104 Å². The van der Waals surface area contributed by atoms with Crippen molar-refractivity contribution < 1.29 is 4.42 Å². The number of furan rings is 1. The molecular weight excluding hydrogens is 502 g/mol. The fourth-order valence-corrected chi connectivity index (χ4v) is 5.25. The summed E-state index contributed by atoms with van der Waals surface area (Å²) in [7, 11) is 0. The van der Waals surface area contributed by atoms with Crippen molar-refractivity contribution in [2.75, 3.05) is 4.90 Å². The third-order valence-corrected chi connectivity index (χ3v) is 7.51. The molecule has 0 bridgehead atoms. The van der Waals surface area contributed by atoms with Crippen molar-refractivity contribution in [1.82, 2.24) is 10.3 Å². The van der Waals surface area contributed by atoms with Crippen LogP contribution in [0.3, 0.4) is 0 Å². The van der Waals surface area contributed by atoms with Gasteiger partial charge in [0.25, 0.3) is 0 Å². The molecule has 32 heavy (non-hydrogen) atoms. The predicted octanol–water partition coefficient (Wildman–Crippen LogP) is 7.07. The molecule has 1 aliphatic rings. The molecule has 160 valence electrons. The third-order valence-electron chi connectivity index (χ3n) is 5.37. The Kier molecular flexibility index (Phi) is 6.04. The normalized spacial score (nSPS) is 18.1. The van der Waals surface area contributed by atoms with Gasteiger partial charge >= 0.3 is 0 Å². The van der Waals surface area contributed by atoms with Gasteiger partial charge in [0, 0.05) is 21.3 Å². The SMILES string of the molecule is Cc1cc(N2C(=S)N[C@H](c3ccccn3)[C@@H]2c2ccc(Sc3ccccc3)o2)ccc1Br. The smallest absolute Gasteiger partial charge is 0.174 e. The first-order valence-corrected chi connectivity index (χ1v) is 12.2. The van der Waals surface area contributed by atoms with Crippen LogP contribution in [0.4, 0.5) is 5.69 Å². The Balaban J connectivity index is 1.55. The molecule has 0 aliphatic carbocycles. The van der Waals surface area contributed by atoms with Gasteiger partial charge in [-0.2, -0.15) is 0 Å². The van der Waals surface area contributed by atoms with Crippen LogP contribution in [0.5, 0.6) is 0 Å². The van der Waals surface area contributed by atoms with Crippen molar-refractivity contribution in [1.29, 1.82) is 0 Å². The number of nitrogens with zero attached hydrogens (tertiary/aromatic N) is 2. The van der Waals surface area contributed by atoms with Crippen LogP contribution in [0.1, 0.15) is 29.1 Å². The minimum Gasteiger partial charge on any atom is -0.452 e. The quantitative estimate of drug-likeness (QED) is 0.283. The zero-order valence-corrected chi connectivity index (χ0v) is 20.5. The molecule has 0 radical (unpaired) electrons. The highest BCUT2D eigenvalue weighted by atomic mass is 79.9. The van der Waals surface area contributed by atoms with Gasteiger partial charge in [0.2, 0.25) is 0 Å². The molecule has 1 N–H and O–H groups in total. The molecule has 0 saturated carbocycles. The van der Waals surface area contributed by atoms with Gasteiger partial charge in [-0.25, -0.2) is 0 Å². The van der Waals surface area contributed by atoms with Crippen LogP contribution < -0.4 is 10.2 Å². The first kappa shape index (κ1) is 21.2. The van der Waals surface area contributed by atoms with Crippen LogP contribution in [0.2, 0.25) is 0 Å². The molecule has 7 heteroatoms. The van der Waals surface area contributed by atoms with E-state index in [4.69, 9.17) is 16.6 Å². The number of thiocarbonyl (C=S) groups is 1. The lowest BCUT2D eigenvalue weighted by atomic mass is 10.0. The zero-order valence-electron chi connectivity index (χ0n) is 17.2. The monoisotopic (exact) mass is 521 g/mol. The average molecular weight is 522 g/mol. The Morgan fingerprint density at radius 2 is 1.84 bits per heavy atom. The fourth-order valence-electron chi connectivity index (χ4n) is 3.85. The number of hydrogen-bond donors (Lipinski definition) is 1. The molecule has 2 aromatic carbocycles. The van der Waals surface area contributed by atoms with E-state index in [-0.39, 0.29) is 12.1 Å². The van der Waals surface area contributed by atoms with Gasteiger partial charge in [-0.15, -0.1) is 0 Å². The van der Waals surface area contributed by atoms with Gasteiger partial charge in [0.05, 0.1) is 11.7 Å². The summed E-state index contributed by atoms with van der Waals surface area (Å²) in [6.45, 7) is 2.08. The molecule has 2 aromatic heterocycles. The summed E-state index contributed by atoms with van der Waals surface area (Å²) < 4.78 is 7.43. The average Bonchev–Trinajstić information content (AvgIpc) is 3.41. The number of aromatic nitrogens is 1. The van der Waals surface area contributed by atoms with E-state index in [0.717, 1.165) is 37.2 Å². The Morgan fingerprint density at radius 3 is 2.59 bits per heavy atom. The van der Waals surface area contributed by atoms with E-state index >= 15 is 0 Å². The molecule has 0 spiro atoms. The summed E-state index contributed by atoms with van der Waals surface area (Å²) in [5, 5.41) is 4.97. The number of pyridine rings is 1. The highest BCUT2D eigenvalue weighted by Crippen LogP contribution is 2.43. The lowest BCUT2D eigenvalue weighted by molar-refractivity contribution is 0.383. The second-order valence-electron chi connectivity index (χ2n) is 7.50. The second kappa shape index (κ2) is 9.10. The topological polar surface area (TPSA) is 41.3 Å². The summed E-state index contributed by atoms with van der Waals surface area (Å²) in [4.78, 5) is 7.87. The molecule has 4 aromatic rings. The maximum atomic E-state index is 6.36. The van der Waals surface area contributed by atoms with E-state index < -0.39 is 0 Å². The van der Waals surface area contributed by atoms with Gasteiger partial charge in [0.1, 0.15) is 11.8 Å². The molecule has 4 nitrogen and oxygen atoms in total. The van der Waals surface area contributed by atoms with Gasteiger partial charge < -0.3 is 14.6 Å². The molecule has 1 saturated heterocycles. The van der Waals surface area contributed by atoms with Crippen molar-refractivity contribution in [2.45, 2.75) is 29.0 Å². The number of halogens is 1. The van der Waals surface area contributed by atoms with E-state index in [2.05, 4.69) is 68.4 Å². The first-order valence-electron chi connectivity index (χ1n) is 10.2. The molecule has 0 unspecified atom stereocenters. The summed E-state index contributed by atoms with van der Waals surface area (Å²) in [5.74, 6) is 0.840. The van der Waals surface area contributed by atoms with Crippen molar-refractivity contribution in [3.05, 3.63) is 107 Å². The van der Waals surface area contributed by atoms with Crippen molar-refractivity contribution >= 4 is 50.7 Å². The van der Waals surface area contributed by atoms with E-state index in [9.17, 15) is 0 Å². The van der Waals surface area contributed by atoms with Crippen molar-refractivity contribution in [3.8, 4) is 0 Å². The summed E-state index contributed by atoms with van der Waals surface area (Å²) in [5.41, 5.74) is 3.08. The lowest BCUT2D eigenvalue weighted by Gasteiger charge is -2.26. The molecular formula is C25H20BrN3OS2. The first-order chi connectivity index (χ1) is 15.6. The van der Waals surface area contributed by atoms with Gasteiger partial charge in [0.15, 0.2) is 10.2 Å². The molecule has 1 aliphatic heterocycles. The van der Waals surface area contributed by atoms with E-state index in [1.165, 1.54) is 0 Å². The van der Waals surface area contributed by atoms with Crippen LogP contribution in [0.25, 0.3) is 0 Å². The van der Waals surface area contributed by atoms with E-state index in [0.29, 0.717) is 5.11 Å². The highest BCUT2D eigenvalue weighted by molar-refractivity contribution is 9.10. The minimum atomic E-state index is -0.164. The van der Waals surface area contributed by atoms with Crippen LogP contribution in [-0.4, -0.2) is 10.1 Å². The number of rotatable bonds is 5. The standard InChI is InChI=1S/C25H20BrN3OS2/c1-16-15-17(10-11-19(16)26)29-24(23(28-25(29)31)20-9-5-6-14-27-20)21-12-13-22(30-21)32-18-7-3-2-4-8-18/h2-15,23-24H,1H3,(H,28,31)/t23-,24+/m1/s1. The molecule has 5 rings (SSSR count). The maximum Gasteiger partial charge on any atom is 0.174 e. The zero-order chi connectivity index (χ0) is 22.1. The maximum absolute atomic E-state index is 6.36.